The van der Waals surface area contributed by atoms with E-state index in [9.17, 15) is 13.2 Å². The van der Waals surface area contributed by atoms with Crippen LogP contribution in [0.15, 0.2) is 66.2 Å². The second-order valence-electron chi connectivity index (χ2n) is 7.30. The summed E-state index contributed by atoms with van der Waals surface area (Å²) in [7, 11) is 1.72. The molecule has 2 N–H and O–H groups in total. The van der Waals surface area contributed by atoms with Crippen LogP contribution in [-0.4, -0.2) is 44.8 Å². The van der Waals surface area contributed by atoms with Crippen LogP contribution >= 0.6 is 0 Å². The molecule has 0 amide bonds. The molecule has 0 radical (unpaired) electrons. The molecular weight excluding hydrogens is 391 g/mol. The van der Waals surface area contributed by atoms with Crippen LogP contribution < -0.4 is 10.5 Å². The highest BCUT2D eigenvalue weighted by molar-refractivity contribution is 7.90. The molecule has 7 nitrogen and oxygen atoms in total. The zero-order chi connectivity index (χ0) is 21.4. The zero-order valence-corrected chi connectivity index (χ0v) is 17.4. The van der Waals surface area contributed by atoms with Crippen molar-refractivity contribution in [3.05, 3.63) is 77.4 Å². The van der Waals surface area contributed by atoms with Gasteiger partial charge < -0.3 is 19.4 Å². The van der Waals surface area contributed by atoms with Gasteiger partial charge in [0.05, 0.1) is 11.7 Å². The summed E-state index contributed by atoms with van der Waals surface area (Å²) < 4.78 is 40.6. The van der Waals surface area contributed by atoms with E-state index in [0.29, 0.717) is 16.9 Å². The molecule has 0 bridgehead atoms. The fourth-order valence-corrected chi connectivity index (χ4v) is 4.04. The molecule has 11 heteroatoms. The first-order chi connectivity index (χ1) is 13.5. The Kier molecular flexibility index (Phi) is 5.21. The molecule has 2 aromatic carbocycles. The second kappa shape index (κ2) is 7.22. The molecule has 0 spiro atoms. The van der Waals surface area contributed by atoms with Crippen molar-refractivity contribution in [2.45, 2.75) is 10.0 Å². The molecule has 29 heavy (non-hydrogen) atoms. The maximum absolute atomic E-state index is 13.1. The Morgan fingerprint density at radius 1 is 1.10 bits per heavy atom. The Bertz CT molecular complexity index is 1090. The van der Waals surface area contributed by atoms with Crippen LogP contribution in [0.3, 0.4) is 0 Å². The number of hydrogen-bond acceptors (Lipinski definition) is 7. The van der Waals surface area contributed by atoms with E-state index < -0.39 is 31.7 Å². The number of benzene rings is 2. The van der Waals surface area contributed by atoms with Crippen molar-refractivity contribution in [3.63, 3.8) is 0 Å². The topological polar surface area (TPSA) is 105 Å². The van der Waals surface area contributed by atoms with E-state index in [0.717, 1.165) is 0 Å². The minimum atomic E-state index is -4.27. The molecule has 1 heterocycles. The second-order valence-corrected chi connectivity index (χ2v) is 9.40. The van der Waals surface area contributed by atoms with Gasteiger partial charge in [0.1, 0.15) is 21.4 Å². The first-order valence-electron chi connectivity index (χ1n) is 8.90. The minimum Gasteiger partial charge on any atom is -0.497 e. The van der Waals surface area contributed by atoms with Crippen LogP contribution in [0.1, 0.15) is 11.1 Å². The van der Waals surface area contributed by atoms with Gasteiger partial charge in [0.15, 0.2) is 13.3 Å². The molecule has 0 unspecified atom stereocenters. The maximum Gasteiger partial charge on any atom is 0.304 e. The number of hydrogen-bond donors (Lipinski definition) is 1. The van der Waals surface area contributed by atoms with Gasteiger partial charge in [0.25, 0.3) is 0 Å². The van der Waals surface area contributed by atoms with E-state index in [-0.39, 0.29) is 5.88 Å². The summed E-state index contributed by atoms with van der Waals surface area (Å²) in [6.45, 7) is 0. The number of Topliss-reactive ketones (excluding diaryl/α,β-unsaturated/α-hetero) is 1. The van der Waals surface area contributed by atoms with Crippen LogP contribution in [0.4, 0.5) is 0 Å². The third kappa shape index (κ3) is 3.50. The van der Waals surface area contributed by atoms with Gasteiger partial charge in [0, 0.05) is 0 Å². The van der Waals surface area contributed by atoms with Gasteiger partial charge in [-0.2, -0.15) is 8.42 Å². The van der Waals surface area contributed by atoms with Gasteiger partial charge in [-0.3, -0.25) is 4.79 Å². The van der Waals surface area contributed by atoms with Crippen molar-refractivity contribution in [3.8, 4) is 5.75 Å². The quantitative estimate of drug-likeness (QED) is 0.462. The molecule has 0 fully saturated rings. The number of carbonyl (C=O) groups excluding carboxylic acids is 1. The van der Waals surface area contributed by atoms with Gasteiger partial charge in [-0.05, 0) is 23.3 Å². The smallest absolute Gasteiger partial charge is 0.304 e. The fraction of sp³-hybridized carbons (Fsp3) is 0.167. The number of ketones is 1. The summed E-state index contributed by atoms with van der Waals surface area (Å²) in [5.74, 6) is -1.08. The van der Waals surface area contributed by atoms with E-state index in [1.54, 1.807) is 54.6 Å². The number of methoxy groups -OCH3 is 1. The molecule has 0 aliphatic carbocycles. The van der Waals surface area contributed by atoms with Crippen LogP contribution in [0.25, 0.3) is 0 Å². The molecule has 0 saturated carbocycles. The Hall–Kier alpha value is -2.81. The molecule has 2 aromatic rings. The molecule has 3 rings (SSSR count). The molecule has 1 aliphatic rings. The average Bonchev–Trinajstić information content (AvgIpc) is 2.92. The first kappa shape index (κ1) is 20.9. The highest BCUT2D eigenvalue weighted by atomic mass is 32.2. The lowest BCUT2D eigenvalue weighted by Crippen LogP contribution is -2.40. The molecular formula is C18H20B3NO6S. The van der Waals surface area contributed by atoms with Crippen molar-refractivity contribution < 1.29 is 26.9 Å². The van der Waals surface area contributed by atoms with Crippen molar-refractivity contribution >= 4 is 39.4 Å². The summed E-state index contributed by atoms with van der Waals surface area (Å²) in [6, 6.07) is 15.3. The van der Waals surface area contributed by atoms with Crippen LogP contribution in [0, 0.1) is 0 Å². The summed E-state index contributed by atoms with van der Waals surface area (Å²) in [6.07, 6.45) is 0. The monoisotopic (exact) mass is 411 g/mol. The number of nitrogens with two attached hydrogens (primary N) is 1. The van der Waals surface area contributed by atoms with Crippen molar-refractivity contribution in [1.82, 2.24) is 0 Å². The lowest BCUT2D eigenvalue weighted by molar-refractivity contribution is -0.126. The minimum absolute atomic E-state index is 0.382. The fourth-order valence-electron chi connectivity index (χ4n) is 3.03. The van der Waals surface area contributed by atoms with Gasteiger partial charge in [-0.1, -0.05) is 42.5 Å². The predicted molar refractivity (Wildman–Crippen MR) is 116 cm³/mol. The molecule has 1 aliphatic heterocycles. The maximum atomic E-state index is 13.1. The lowest BCUT2D eigenvalue weighted by Gasteiger charge is -2.26. The van der Waals surface area contributed by atoms with Crippen LogP contribution in [0.5, 0.6) is 5.75 Å². The van der Waals surface area contributed by atoms with Gasteiger partial charge >= 0.3 is 10.1 Å². The van der Waals surface area contributed by atoms with Crippen LogP contribution in [-0.2, 0) is 33.9 Å². The summed E-state index contributed by atoms with van der Waals surface area (Å²) in [4.78, 5) is 13.1. The van der Waals surface area contributed by atoms with Crippen molar-refractivity contribution in [2.75, 3.05) is 7.11 Å². The van der Waals surface area contributed by atoms with E-state index in [4.69, 9.17) is 19.4 Å². The summed E-state index contributed by atoms with van der Waals surface area (Å²) in [5, 5.41) is 0. The SMILES string of the molecule is BC(B)(c1ccccc1)S(=O)(=O)OC1=C(N)O[C@@](B)(c2cccc(OC)c2)C1=O. The Morgan fingerprint density at radius 3 is 2.38 bits per heavy atom. The van der Waals surface area contributed by atoms with Gasteiger partial charge in [0.2, 0.25) is 17.4 Å². The van der Waals surface area contributed by atoms with E-state index in [1.165, 1.54) is 30.6 Å². The number of ether oxygens (including phenoxy) is 2. The number of carbonyl (C=O) groups is 1. The van der Waals surface area contributed by atoms with Gasteiger partial charge in [-0.25, -0.2) is 0 Å². The molecule has 148 valence electrons. The first-order valence-corrected chi connectivity index (χ1v) is 10.3. The highest BCUT2D eigenvalue weighted by Crippen LogP contribution is 2.38. The third-order valence-electron chi connectivity index (χ3n) is 5.09. The van der Waals surface area contributed by atoms with Crippen molar-refractivity contribution in [1.29, 1.82) is 0 Å². The Morgan fingerprint density at radius 2 is 1.76 bits per heavy atom. The van der Waals surface area contributed by atoms with Gasteiger partial charge in [-0.15, -0.1) is 0 Å². The van der Waals surface area contributed by atoms with Crippen LogP contribution in [0.2, 0.25) is 0 Å². The standard InChI is InChI=1S/C18H20B3NO6S/c1-26-13-9-5-8-12(10-13)17(19)15(23)14(16(22)27-17)28-29(24,25)18(20,21)11-6-3-2-4-7-11/h2-10H,19-22H2,1H3/t17-/m0/s1. The molecule has 0 saturated heterocycles. The summed E-state index contributed by atoms with van der Waals surface area (Å²) in [5.41, 5.74) is 5.31. The average molecular weight is 411 g/mol. The third-order valence-corrected chi connectivity index (χ3v) is 6.96. The van der Waals surface area contributed by atoms with Crippen molar-refractivity contribution in [2.24, 2.45) is 5.73 Å². The largest absolute Gasteiger partial charge is 0.497 e. The van der Waals surface area contributed by atoms with E-state index in [1.807, 2.05) is 0 Å². The normalized spacial score (nSPS) is 19.7. The molecule has 1 atom stereocenters. The van der Waals surface area contributed by atoms with E-state index >= 15 is 0 Å². The Labute approximate surface area is 172 Å². The zero-order valence-electron chi connectivity index (χ0n) is 16.6. The highest BCUT2D eigenvalue weighted by Gasteiger charge is 2.51. The number of rotatable bonds is 6. The summed E-state index contributed by atoms with van der Waals surface area (Å²) >= 11 is 0. The van der Waals surface area contributed by atoms with E-state index in [2.05, 4.69) is 0 Å². The molecule has 0 aromatic heterocycles. The predicted octanol–water partition coefficient (Wildman–Crippen LogP) is -1.37. The Balaban J connectivity index is 1.94. The lowest BCUT2D eigenvalue weighted by atomic mass is 9.65.